The maximum atomic E-state index is 12.5. The fraction of sp³-hybridized carbons (Fsp3) is 0.333. The molecule has 1 aliphatic rings. The van der Waals surface area contributed by atoms with E-state index in [0.717, 1.165) is 19.4 Å². The van der Waals surface area contributed by atoms with Crippen LogP contribution in [0.4, 0.5) is 5.69 Å². The van der Waals surface area contributed by atoms with E-state index >= 15 is 0 Å². The Bertz CT molecular complexity index is 796. The highest BCUT2D eigenvalue weighted by Gasteiger charge is 2.17. The lowest BCUT2D eigenvalue weighted by molar-refractivity contribution is -0.138. The number of carboxylic acid groups (broad SMARTS) is 1. The van der Waals surface area contributed by atoms with Crippen molar-refractivity contribution in [3.8, 4) is 5.75 Å². The van der Waals surface area contributed by atoms with Gasteiger partial charge in [0.1, 0.15) is 12.4 Å². The third-order valence-corrected chi connectivity index (χ3v) is 4.60. The average molecular weight is 369 g/mol. The van der Waals surface area contributed by atoms with Crippen LogP contribution in [0.1, 0.15) is 41.6 Å². The standard InChI is InChI=1S/C21H23NO5/c1-14(21(24)25)15-7-9-17(10-8-15)22-20(23)16-4-2-5-18(12-16)27-13-19-6-3-11-26-19/h2,4-5,7-10,12,14,19H,3,6,11,13H2,1H3,(H,22,23)(H,24,25). The van der Waals surface area contributed by atoms with Crippen molar-refractivity contribution < 1.29 is 24.2 Å². The summed E-state index contributed by atoms with van der Waals surface area (Å²) in [7, 11) is 0. The maximum Gasteiger partial charge on any atom is 0.310 e. The minimum Gasteiger partial charge on any atom is -0.491 e. The van der Waals surface area contributed by atoms with Gasteiger partial charge in [-0.05, 0) is 55.7 Å². The zero-order valence-corrected chi connectivity index (χ0v) is 15.2. The van der Waals surface area contributed by atoms with Gasteiger partial charge in [-0.25, -0.2) is 0 Å². The number of rotatable bonds is 7. The van der Waals surface area contributed by atoms with Crippen molar-refractivity contribution in [1.82, 2.24) is 0 Å². The summed E-state index contributed by atoms with van der Waals surface area (Å²) in [5, 5.41) is 11.9. The zero-order valence-electron chi connectivity index (χ0n) is 15.2. The molecular formula is C21H23NO5. The van der Waals surface area contributed by atoms with Gasteiger partial charge in [-0.2, -0.15) is 0 Å². The number of hydrogen-bond donors (Lipinski definition) is 2. The molecule has 6 nitrogen and oxygen atoms in total. The third-order valence-electron chi connectivity index (χ3n) is 4.60. The molecule has 0 spiro atoms. The molecule has 3 rings (SSSR count). The highest BCUT2D eigenvalue weighted by atomic mass is 16.5. The Morgan fingerprint density at radius 2 is 2.04 bits per heavy atom. The second-order valence-corrected chi connectivity index (χ2v) is 6.61. The lowest BCUT2D eigenvalue weighted by Gasteiger charge is -2.12. The Labute approximate surface area is 158 Å². The monoisotopic (exact) mass is 369 g/mol. The molecule has 1 fully saturated rings. The first kappa shape index (κ1) is 18.9. The Morgan fingerprint density at radius 1 is 1.26 bits per heavy atom. The number of benzene rings is 2. The molecule has 1 amide bonds. The Balaban J connectivity index is 1.60. The van der Waals surface area contributed by atoms with Crippen molar-refractivity contribution in [2.24, 2.45) is 0 Å². The summed E-state index contributed by atoms with van der Waals surface area (Å²) in [5.74, 6) is -1.10. The molecule has 1 aliphatic heterocycles. The van der Waals surface area contributed by atoms with Gasteiger partial charge in [0, 0.05) is 17.9 Å². The van der Waals surface area contributed by atoms with Crippen molar-refractivity contribution in [3.63, 3.8) is 0 Å². The van der Waals surface area contributed by atoms with E-state index in [0.29, 0.717) is 29.2 Å². The maximum absolute atomic E-state index is 12.5. The fourth-order valence-corrected chi connectivity index (χ4v) is 2.89. The van der Waals surface area contributed by atoms with E-state index < -0.39 is 11.9 Å². The second kappa shape index (κ2) is 8.68. The van der Waals surface area contributed by atoms with Crippen LogP contribution < -0.4 is 10.1 Å². The molecule has 142 valence electrons. The lowest BCUT2D eigenvalue weighted by Crippen LogP contribution is -2.17. The number of carboxylic acids is 1. The third kappa shape index (κ3) is 5.08. The van der Waals surface area contributed by atoms with E-state index in [1.165, 1.54) is 0 Å². The quantitative estimate of drug-likeness (QED) is 0.778. The molecule has 0 radical (unpaired) electrons. The van der Waals surface area contributed by atoms with E-state index in [9.17, 15) is 9.59 Å². The number of ether oxygens (including phenoxy) is 2. The molecule has 0 bridgehead atoms. The molecule has 0 aliphatic carbocycles. The van der Waals surface area contributed by atoms with Gasteiger partial charge in [-0.15, -0.1) is 0 Å². The predicted octanol–water partition coefficient (Wildman–Crippen LogP) is 3.68. The minimum atomic E-state index is -0.883. The summed E-state index contributed by atoms with van der Waals surface area (Å²) in [6, 6.07) is 13.8. The predicted molar refractivity (Wildman–Crippen MR) is 101 cm³/mol. The number of aliphatic carboxylic acids is 1. The molecule has 1 heterocycles. The topological polar surface area (TPSA) is 84.9 Å². The Morgan fingerprint density at radius 3 is 2.70 bits per heavy atom. The van der Waals surface area contributed by atoms with Crippen LogP contribution in [0.3, 0.4) is 0 Å². The number of amides is 1. The highest BCUT2D eigenvalue weighted by molar-refractivity contribution is 6.04. The van der Waals surface area contributed by atoms with E-state index in [-0.39, 0.29) is 12.0 Å². The van der Waals surface area contributed by atoms with Gasteiger partial charge in [0.05, 0.1) is 12.0 Å². The largest absolute Gasteiger partial charge is 0.491 e. The molecule has 0 aromatic heterocycles. The fourth-order valence-electron chi connectivity index (χ4n) is 2.89. The molecule has 27 heavy (non-hydrogen) atoms. The van der Waals surface area contributed by atoms with Gasteiger partial charge in [0.15, 0.2) is 0 Å². The molecule has 1 saturated heterocycles. The van der Waals surface area contributed by atoms with Crippen molar-refractivity contribution in [1.29, 1.82) is 0 Å². The van der Waals surface area contributed by atoms with Crippen molar-refractivity contribution in [2.75, 3.05) is 18.5 Å². The molecule has 2 aromatic carbocycles. The van der Waals surface area contributed by atoms with Crippen molar-refractivity contribution >= 4 is 17.6 Å². The summed E-state index contributed by atoms with van der Waals surface area (Å²) in [4.78, 5) is 23.5. The van der Waals surface area contributed by atoms with Gasteiger partial charge in [-0.3, -0.25) is 9.59 Å². The summed E-state index contributed by atoms with van der Waals surface area (Å²) in [6.07, 6.45) is 2.17. The van der Waals surface area contributed by atoms with Crippen LogP contribution in [0.5, 0.6) is 5.75 Å². The van der Waals surface area contributed by atoms with Crippen molar-refractivity contribution in [3.05, 3.63) is 59.7 Å². The van der Waals surface area contributed by atoms with Crippen LogP contribution in [-0.2, 0) is 9.53 Å². The van der Waals surface area contributed by atoms with Crippen molar-refractivity contribution in [2.45, 2.75) is 31.8 Å². The van der Waals surface area contributed by atoms with Crippen LogP contribution in [0.25, 0.3) is 0 Å². The van der Waals surface area contributed by atoms with Crippen LogP contribution in [0.2, 0.25) is 0 Å². The van der Waals surface area contributed by atoms with E-state index in [1.807, 2.05) is 6.07 Å². The van der Waals surface area contributed by atoms with E-state index in [2.05, 4.69) is 5.32 Å². The van der Waals surface area contributed by atoms with Crippen LogP contribution >= 0.6 is 0 Å². The summed E-state index contributed by atoms with van der Waals surface area (Å²) < 4.78 is 11.3. The number of carbonyl (C=O) groups is 2. The average Bonchev–Trinajstić information content (AvgIpc) is 3.20. The molecule has 0 saturated carbocycles. The lowest BCUT2D eigenvalue weighted by atomic mass is 10.0. The van der Waals surface area contributed by atoms with Crippen LogP contribution in [-0.4, -0.2) is 36.3 Å². The van der Waals surface area contributed by atoms with Gasteiger partial charge in [0.25, 0.3) is 5.91 Å². The second-order valence-electron chi connectivity index (χ2n) is 6.61. The van der Waals surface area contributed by atoms with Gasteiger partial charge in [-0.1, -0.05) is 18.2 Å². The summed E-state index contributed by atoms with van der Waals surface area (Å²) in [5.41, 5.74) is 1.78. The SMILES string of the molecule is CC(C(=O)O)c1ccc(NC(=O)c2cccc(OCC3CCCO3)c2)cc1. The Kier molecular flexibility index (Phi) is 6.08. The molecule has 6 heteroatoms. The summed E-state index contributed by atoms with van der Waals surface area (Å²) >= 11 is 0. The van der Waals surface area contributed by atoms with Crippen LogP contribution in [0.15, 0.2) is 48.5 Å². The highest BCUT2D eigenvalue weighted by Crippen LogP contribution is 2.20. The molecule has 2 unspecified atom stereocenters. The molecule has 2 atom stereocenters. The normalized spacial score (nSPS) is 17.3. The number of carbonyl (C=O) groups excluding carboxylic acids is 1. The molecular weight excluding hydrogens is 346 g/mol. The number of anilines is 1. The van der Waals surface area contributed by atoms with Crippen LogP contribution in [0, 0.1) is 0 Å². The van der Waals surface area contributed by atoms with Gasteiger partial charge in [0.2, 0.25) is 0 Å². The first-order valence-corrected chi connectivity index (χ1v) is 9.01. The smallest absolute Gasteiger partial charge is 0.310 e. The van der Waals surface area contributed by atoms with Gasteiger partial charge >= 0.3 is 5.97 Å². The summed E-state index contributed by atoms with van der Waals surface area (Å²) in [6.45, 7) is 2.88. The first-order chi connectivity index (χ1) is 13.0. The van der Waals surface area contributed by atoms with Gasteiger partial charge < -0.3 is 19.9 Å². The first-order valence-electron chi connectivity index (χ1n) is 9.01. The van der Waals surface area contributed by atoms with E-state index in [4.69, 9.17) is 14.6 Å². The molecule has 2 N–H and O–H groups in total. The molecule has 2 aromatic rings. The zero-order chi connectivity index (χ0) is 19.2. The van der Waals surface area contributed by atoms with E-state index in [1.54, 1.807) is 49.4 Å². The Hall–Kier alpha value is -2.86. The number of hydrogen-bond acceptors (Lipinski definition) is 4. The minimum absolute atomic E-state index is 0.120. The number of nitrogens with one attached hydrogen (secondary N) is 1.